The summed E-state index contributed by atoms with van der Waals surface area (Å²) in [5, 5.41) is 12.2. The van der Waals surface area contributed by atoms with Crippen LogP contribution in [0, 0.1) is 22.7 Å². The van der Waals surface area contributed by atoms with Crippen LogP contribution in [0.15, 0.2) is 0 Å². The topological polar surface area (TPSA) is 52.9 Å². The molecule has 1 heterocycles. The Hall–Kier alpha value is -0.690. The van der Waals surface area contributed by atoms with Gasteiger partial charge in [0, 0.05) is 11.3 Å². The van der Waals surface area contributed by atoms with Gasteiger partial charge in [-0.05, 0) is 44.3 Å². The number of amides is 1. The number of rotatable bonds is 3. The molecule has 0 aromatic heterocycles. The highest BCUT2D eigenvalue weighted by atomic mass is 32.2. The molecule has 1 atom stereocenters. The Morgan fingerprint density at radius 3 is 2.76 bits per heavy atom. The number of nitrogens with zero attached hydrogens (tertiary/aromatic N) is 1. The summed E-state index contributed by atoms with van der Waals surface area (Å²) in [5.74, 6) is 1.65. The lowest BCUT2D eigenvalue weighted by atomic mass is 9.63. The van der Waals surface area contributed by atoms with Crippen molar-refractivity contribution in [2.45, 2.75) is 44.3 Å². The van der Waals surface area contributed by atoms with Gasteiger partial charge in [-0.1, -0.05) is 6.92 Å². The Morgan fingerprint density at radius 2 is 2.29 bits per heavy atom. The van der Waals surface area contributed by atoms with Gasteiger partial charge in [-0.25, -0.2) is 0 Å². The second-order valence-corrected chi connectivity index (χ2v) is 7.47. The zero-order valence-electron chi connectivity index (χ0n) is 10.6. The molecular formula is C13H20N2OS. The zero-order valence-corrected chi connectivity index (χ0v) is 11.4. The molecule has 1 unspecified atom stereocenters. The molecule has 2 rings (SSSR count). The second kappa shape index (κ2) is 4.53. The van der Waals surface area contributed by atoms with E-state index in [1.807, 2.05) is 11.8 Å². The van der Waals surface area contributed by atoms with Crippen LogP contribution in [-0.4, -0.2) is 23.0 Å². The normalized spacial score (nSPS) is 40.4. The fraction of sp³-hybridized carbons (Fsp3) is 0.846. The van der Waals surface area contributed by atoms with Crippen LogP contribution in [0.5, 0.6) is 0 Å². The molecule has 0 spiro atoms. The van der Waals surface area contributed by atoms with Gasteiger partial charge in [0.15, 0.2) is 0 Å². The molecule has 0 aromatic rings. The average Bonchev–Trinajstić information content (AvgIpc) is 2.69. The van der Waals surface area contributed by atoms with Crippen LogP contribution < -0.4 is 5.32 Å². The third-order valence-corrected chi connectivity index (χ3v) is 5.50. The van der Waals surface area contributed by atoms with Gasteiger partial charge in [-0.2, -0.15) is 17.0 Å². The SMILES string of the molecule is CC1CC(C#N)(C(=O)NCC2(C)CCCS2)C1. The summed E-state index contributed by atoms with van der Waals surface area (Å²) in [5.41, 5.74) is -0.723. The van der Waals surface area contributed by atoms with E-state index < -0.39 is 5.41 Å². The van der Waals surface area contributed by atoms with Crippen molar-refractivity contribution >= 4 is 17.7 Å². The van der Waals surface area contributed by atoms with E-state index in [2.05, 4.69) is 25.2 Å². The molecule has 1 saturated heterocycles. The van der Waals surface area contributed by atoms with E-state index in [0.717, 1.165) is 19.3 Å². The third kappa shape index (κ3) is 2.44. The van der Waals surface area contributed by atoms with E-state index in [9.17, 15) is 4.79 Å². The fourth-order valence-electron chi connectivity index (χ4n) is 2.87. The molecule has 1 N–H and O–H groups in total. The molecule has 94 valence electrons. The number of thioether (sulfide) groups is 1. The number of hydrogen-bond acceptors (Lipinski definition) is 3. The highest BCUT2D eigenvalue weighted by Gasteiger charge is 2.49. The van der Waals surface area contributed by atoms with Gasteiger partial charge in [-0.15, -0.1) is 0 Å². The first-order valence-corrected chi connectivity index (χ1v) is 7.32. The minimum atomic E-state index is -0.723. The summed E-state index contributed by atoms with van der Waals surface area (Å²) in [6.45, 7) is 5.00. The average molecular weight is 252 g/mol. The van der Waals surface area contributed by atoms with Crippen LogP contribution in [-0.2, 0) is 4.79 Å². The zero-order chi connectivity index (χ0) is 12.5. The molecular weight excluding hydrogens is 232 g/mol. The lowest BCUT2D eigenvalue weighted by Gasteiger charge is -2.39. The Kier molecular flexibility index (Phi) is 3.40. The summed E-state index contributed by atoms with van der Waals surface area (Å²) < 4.78 is 0.182. The molecule has 0 bridgehead atoms. The first-order valence-electron chi connectivity index (χ1n) is 6.33. The first kappa shape index (κ1) is 12.8. The minimum Gasteiger partial charge on any atom is -0.353 e. The van der Waals surface area contributed by atoms with Gasteiger partial charge in [0.25, 0.3) is 0 Å². The van der Waals surface area contributed by atoms with Crippen molar-refractivity contribution in [3.63, 3.8) is 0 Å². The fourth-order valence-corrected chi connectivity index (χ4v) is 4.11. The highest BCUT2D eigenvalue weighted by Crippen LogP contribution is 2.45. The molecule has 17 heavy (non-hydrogen) atoms. The largest absolute Gasteiger partial charge is 0.353 e. The van der Waals surface area contributed by atoms with Crippen molar-refractivity contribution in [1.29, 1.82) is 5.26 Å². The summed E-state index contributed by atoms with van der Waals surface area (Å²) in [6.07, 6.45) is 3.84. The van der Waals surface area contributed by atoms with E-state index >= 15 is 0 Å². The van der Waals surface area contributed by atoms with Crippen LogP contribution in [0.4, 0.5) is 0 Å². The Balaban J connectivity index is 1.87. The summed E-state index contributed by atoms with van der Waals surface area (Å²) in [6, 6.07) is 2.21. The van der Waals surface area contributed by atoms with Gasteiger partial charge in [0.2, 0.25) is 5.91 Å². The maximum absolute atomic E-state index is 12.1. The molecule has 1 amide bonds. The van der Waals surface area contributed by atoms with Crippen molar-refractivity contribution in [3.05, 3.63) is 0 Å². The summed E-state index contributed by atoms with van der Waals surface area (Å²) in [7, 11) is 0. The van der Waals surface area contributed by atoms with Crippen LogP contribution in [0.25, 0.3) is 0 Å². The molecule has 2 aliphatic rings. The van der Waals surface area contributed by atoms with E-state index in [-0.39, 0.29) is 10.7 Å². The molecule has 1 saturated carbocycles. The van der Waals surface area contributed by atoms with Gasteiger partial charge >= 0.3 is 0 Å². The van der Waals surface area contributed by atoms with Gasteiger partial charge < -0.3 is 5.32 Å². The molecule has 0 aromatic carbocycles. The van der Waals surface area contributed by atoms with Crippen molar-refractivity contribution in [1.82, 2.24) is 5.32 Å². The minimum absolute atomic E-state index is 0.0492. The number of nitriles is 1. The Labute approximate surface area is 107 Å². The standard InChI is InChI=1S/C13H20N2OS/c1-10-6-13(7-10,8-14)11(16)15-9-12(2)4-3-5-17-12/h10H,3-7,9H2,1-2H3,(H,15,16). The van der Waals surface area contributed by atoms with Crippen molar-refractivity contribution in [2.75, 3.05) is 12.3 Å². The van der Waals surface area contributed by atoms with Crippen molar-refractivity contribution < 1.29 is 4.79 Å². The number of carbonyl (C=O) groups excluding carboxylic acids is 1. The maximum atomic E-state index is 12.1. The van der Waals surface area contributed by atoms with Crippen LogP contribution in [0.3, 0.4) is 0 Å². The predicted molar refractivity (Wildman–Crippen MR) is 69.6 cm³/mol. The van der Waals surface area contributed by atoms with E-state index in [0.29, 0.717) is 12.5 Å². The van der Waals surface area contributed by atoms with Crippen LogP contribution >= 0.6 is 11.8 Å². The molecule has 3 nitrogen and oxygen atoms in total. The van der Waals surface area contributed by atoms with E-state index in [4.69, 9.17) is 5.26 Å². The Morgan fingerprint density at radius 1 is 1.59 bits per heavy atom. The monoisotopic (exact) mass is 252 g/mol. The molecule has 2 fully saturated rings. The summed E-state index contributed by atoms with van der Waals surface area (Å²) in [4.78, 5) is 12.1. The number of nitrogens with one attached hydrogen (secondary N) is 1. The van der Waals surface area contributed by atoms with Crippen molar-refractivity contribution in [3.8, 4) is 6.07 Å². The summed E-state index contributed by atoms with van der Waals surface area (Å²) >= 11 is 1.93. The smallest absolute Gasteiger partial charge is 0.240 e. The molecule has 1 aliphatic carbocycles. The molecule has 0 radical (unpaired) electrons. The van der Waals surface area contributed by atoms with E-state index in [1.165, 1.54) is 12.2 Å². The van der Waals surface area contributed by atoms with Gasteiger partial charge in [0.1, 0.15) is 5.41 Å². The lowest BCUT2D eigenvalue weighted by Crippen LogP contribution is -2.50. The van der Waals surface area contributed by atoms with E-state index in [1.54, 1.807) is 0 Å². The quantitative estimate of drug-likeness (QED) is 0.838. The molecule has 1 aliphatic heterocycles. The molecule has 4 heteroatoms. The Bertz CT molecular complexity index is 349. The maximum Gasteiger partial charge on any atom is 0.240 e. The third-order valence-electron chi connectivity index (χ3n) is 3.97. The number of hydrogen-bond donors (Lipinski definition) is 1. The predicted octanol–water partition coefficient (Wildman–Crippen LogP) is 2.33. The van der Waals surface area contributed by atoms with Gasteiger partial charge in [-0.3, -0.25) is 4.79 Å². The van der Waals surface area contributed by atoms with Gasteiger partial charge in [0.05, 0.1) is 6.07 Å². The van der Waals surface area contributed by atoms with Crippen LogP contribution in [0.2, 0.25) is 0 Å². The lowest BCUT2D eigenvalue weighted by molar-refractivity contribution is -0.134. The number of carbonyl (C=O) groups is 1. The first-order chi connectivity index (χ1) is 8.00. The van der Waals surface area contributed by atoms with Crippen molar-refractivity contribution in [2.24, 2.45) is 11.3 Å². The highest BCUT2D eigenvalue weighted by molar-refractivity contribution is 8.00. The van der Waals surface area contributed by atoms with Crippen LogP contribution in [0.1, 0.15) is 39.5 Å². The second-order valence-electron chi connectivity index (χ2n) is 5.79.